The van der Waals surface area contributed by atoms with E-state index >= 15 is 0 Å². The average Bonchev–Trinajstić information content (AvgIpc) is 1.97. The highest BCUT2D eigenvalue weighted by atomic mass is 127. The molecule has 14 heavy (non-hydrogen) atoms. The van der Waals surface area contributed by atoms with Gasteiger partial charge < -0.3 is 4.74 Å². The Labute approximate surface area is 104 Å². The van der Waals surface area contributed by atoms with Crippen molar-refractivity contribution >= 4 is 45.2 Å². The fraction of sp³-hybridized carbons (Fsp3) is 0.143. The molecule has 0 radical (unpaired) electrons. The zero-order chi connectivity index (χ0) is 10.9. The van der Waals surface area contributed by atoms with E-state index < -0.39 is 17.9 Å². The summed E-state index contributed by atoms with van der Waals surface area (Å²) in [6, 6.07) is 1.99. The Kier molecular flexibility index (Phi) is 3.83. The molecular formula is C7H2F4I2O. The lowest BCUT2D eigenvalue weighted by Gasteiger charge is -2.10. The summed E-state index contributed by atoms with van der Waals surface area (Å²) in [5.74, 6) is -1.25. The van der Waals surface area contributed by atoms with Crippen LogP contribution in [0.1, 0.15) is 0 Å². The minimum absolute atomic E-state index is 0.214. The highest BCUT2D eigenvalue weighted by Gasteiger charge is 2.32. The lowest BCUT2D eigenvalue weighted by atomic mass is 10.3. The predicted molar refractivity (Wildman–Crippen MR) is 58.5 cm³/mol. The molecule has 0 saturated heterocycles. The maximum Gasteiger partial charge on any atom is 0.573 e. The van der Waals surface area contributed by atoms with Gasteiger partial charge >= 0.3 is 6.36 Å². The van der Waals surface area contributed by atoms with Crippen LogP contribution in [0.2, 0.25) is 0 Å². The molecule has 0 aromatic heterocycles. The Morgan fingerprint density at radius 1 is 1.07 bits per heavy atom. The molecule has 0 atom stereocenters. The number of halogens is 6. The molecule has 1 rings (SSSR count). The van der Waals surface area contributed by atoms with Crippen LogP contribution in [0.25, 0.3) is 0 Å². The Balaban J connectivity index is 3.04. The Morgan fingerprint density at radius 2 is 1.64 bits per heavy atom. The van der Waals surface area contributed by atoms with Crippen molar-refractivity contribution in [1.29, 1.82) is 0 Å². The second-order valence-corrected chi connectivity index (χ2v) is 4.57. The first-order valence-corrected chi connectivity index (χ1v) is 5.35. The van der Waals surface area contributed by atoms with Gasteiger partial charge in [0.05, 0.1) is 7.14 Å². The maximum absolute atomic E-state index is 12.9. The van der Waals surface area contributed by atoms with Crippen LogP contribution in [-0.4, -0.2) is 6.36 Å². The van der Waals surface area contributed by atoms with Gasteiger partial charge in [0.1, 0.15) is 11.6 Å². The monoisotopic (exact) mass is 432 g/mol. The molecule has 0 heterocycles. The Hall–Kier alpha value is 0.200. The summed E-state index contributed by atoms with van der Waals surface area (Å²) in [6.07, 6.45) is -4.79. The first-order valence-electron chi connectivity index (χ1n) is 3.20. The second-order valence-electron chi connectivity index (χ2n) is 2.24. The molecule has 1 aromatic carbocycles. The first kappa shape index (κ1) is 12.3. The van der Waals surface area contributed by atoms with Crippen LogP contribution in [0.4, 0.5) is 17.6 Å². The van der Waals surface area contributed by atoms with E-state index in [2.05, 4.69) is 4.74 Å². The Bertz CT molecular complexity index is 350. The summed E-state index contributed by atoms with van der Waals surface area (Å²) in [6.45, 7) is 0. The molecule has 0 fully saturated rings. The molecule has 7 heteroatoms. The number of benzene rings is 1. The van der Waals surface area contributed by atoms with Crippen LogP contribution in [-0.2, 0) is 0 Å². The summed E-state index contributed by atoms with van der Waals surface area (Å²) in [5, 5.41) is 0. The SMILES string of the molecule is Fc1cc(OC(F)(F)F)c(I)cc1I. The third-order valence-corrected chi connectivity index (χ3v) is 2.87. The van der Waals surface area contributed by atoms with Crippen LogP contribution < -0.4 is 4.74 Å². The number of hydrogen-bond donors (Lipinski definition) is 0. The van der Waals surface area contributed by atoms with Crippen LogP contribution in [0, 0.1) is 13.0 Å². The molecule has 0 saturated carbocycles. The van der Waals surface area contributed by atoms with E-state index in [1.54, 1.807) is 45.2 Å². The van der Waals surface area contributed by atoms with Gasteiger partial charge in [0.15, 0.2) is 0 Å². The Morgan fingerprint density at radius 3 is 2.14 bits per heavy atom. The van der Waals surface area contributed by atoms with Crippen molar-refractivity contribution in [3.63, 3.8) is 0 Å². The molecule has 1 aromatic rings. The van der Waals surface area contributed by atoms with Crippen molar-refractivity contribution < 1.29 is 22.3 Å². The van der Waals surface area contributed by atoms with Crippen molar-refractivity contribution in [2.45, 2.75) is 6.36 Å². The van der Waals surface area contributed by atoms with Crippen molar-refractivity contribution in [2.75, 3.05) is 0 Å². The smallest absolute Gasteiger partial charge is 0.405 e. The number of rotatable bonds is 1. The lowest BCUT2D eigenvalue weighted by Crippen LogP contribution is -2.18. The fourth-order valence-electron chi connectivity index (χ4n) is 0.707. The predicted octanol–water partition coefficient (Wildman–Crippen LogP) is 3.93. The van der Waals surface area contributed by atoms with Gasteiger partial charge in [0.25, 0.3) is 0 Å². The fourth-order valence-corrected chi connectivity index (χ4v) is 2.35. The summed E-state index contributed by atoms with van der Waals surface area (Å²) in [5.41, 5.74) is 0. The molecule has 0 aliphatic heterocycles. The molecule has 0 N–H and O–H groups in total. The van der Waals surface area contributed by atoms with E-state index in [4.69, 9.17) is 0 Å². The summed E-state index contributed by atoms with van der Waals surface area (Å²) >= 11 is 3.33. The van der Waals surface area contributed by atoms with Gasteiger partial charge in [0, 0.05) is 6.07 Å². The molecule has 0 bridgehead atoms. The minimum Gasteiger partial charge on any atom is -0.405 e. The van der Waals surface area contributed by atoms with Crippen LogP contribution in [0.5, 0.6) is 5.75 Å². The van der Waals surface area contributed by atoms with E-state index in [-0.39, 0.29) is 7.14 Å². The lowest BCUT2D eigenvalue weighted by molar-refractivity contribution is -0.275. The standard InChI is InChI=1S/C7H2F4I2O/c8-3-1-6(14-7(9,10)11)5(13)2-4(3)12/h1-2H. The maximum atomic E-state index is 12.9. The molecule has 1 nitrogen and oxygen atoms in total. The van der Waals surface area contributed by atoms with Crippen molar-refractivity contribution in [2.24, 2.45) is 0 Å². The normalized spacial score (nSPS) is 11.6. The first-order chi connectivity index (χ1) is 6.29. The number of hydrogen-bond acceptors (Lipinski definition) is 1. The van der Waals surface area contributed by atoms with E-state index in [1.807, 2.05) is 0 Å². The molecule has 0 aliphatic carbocycles. The van der Waals surface area contributed by atoms with Crippen LogP contribution in [0.15, 0.2) is 12.1 Å². The highest BCUT2D eigenvalue weighted by Crippen LogP contribution is 2.30. The average molecular weight is 432 g/mol. The molecule has 0 spiro atoms. The van der Waals surface area contributed by atoms with Gasteiger partial charge in [-0.05, 0) is 51.2 Å². The summed E-state index contributed by atoms with van der Waals surface area (Å²) < 4.78 is 52.4. The summed E-state index contributed by atoms with van der Waals surface area (Å²) in [7, 11) is 0. The van der Waals surface area contributed by atoms with Crippen LogP contribution in [0.3, 0.4) is 0 Å². The van der Waals surface area contributed by atoms with Crippen molar-refractivity contribution in [1.82, 2.24) is 0 Å². The topological polar surface area (TPSA) is 9.23 Å². The quantitative estimate of drug-likeness (QED) is 0.372. The van der Waals surface area contributed by atoms with E-state index in [0.717, 1.165) is 6.07 Å². The zero-order valence-electron chi connectivity index (χ0n) is 6.33. The second kappa shape index (κ2) is 4.37. The van der Waals surface area contributed by atoms with Gasteiger partial charge in [-0.1, -0.05) is 0 Å². The molecule has 0 aliphatic rings. The van der Waals surface area contributed by atoms with E-state index in [9.17, 15) is 17.6 Å². The summed E-state index contributed by atoms with van der Waals surface area (Å²) in [4.78, 5) is 0. The van der Waals surface area contributed by atoms with E-state index in [1.165, 1.54) is 6.07 Å². The number of ether oxygens (including phenoxy) is 1. The molecule has 78 valence electrons. The third-order valence-electron chi connectivity index (χ3n) is 1.20. The minimum atomic E-state index is -4.79. The van der Waals surface area contributed by atoms with Gasteiger partial charge in [-0.3, -0.25) is 0 Å². The van der Waals surface area contributed by atoms with Crippen LogP contribution >= 0.6 is 45.2 Å². The third kappa shape index (κ3) is 3.41. The van der Waals surface area contributed by atoms with E-state index in [0.29, 0.717) is 0 Å². The van der Waals surface area contributed by atoms with Crippen molar-refractivity contribution in [3.8, 4) is 5.75 Å². The van der Waals surface area contributed by atoms with Crippen molar-refractivity contribution in [3.05, 3.63) is 25.1 Å². The zero-order valence-corrected chi connectivity index (χ0v) is 10.6. The largest absolute Gasteiger partial charge is 0.573 e. The number of alkyl halides is 3. The molecule has 0 unspecified atom stereocenters. The molecule has 0 amide bonds. The molecular weight excluding hydrogens is 430 g/mol. The van der Waals surface area contributed by atoms with Gasteiger partial charge in [-0.25, -0.2) is 4.39 Å². The van der Waals surface area contributed by atoms with Gasteiger partial charge in [-0.15, -0.1) is 13.2 Å². The van der Waals surface area contributed by atoms with Gasteiger partial charge in [-0.2, -0.15) is 0 Å². The van der Waals surface area contributed by atoms with Gasteiger partial charge in [0.2, 0.25) is 0 Å². The highest BCUT2D eigenvalue weighted by molar-refractivity contribution is 14.1.